The van der Waals surface area contributed by atoms with Gasteiger partial charge in [0.05, 0.1) is 26.2 Å². The van der Waals surface area contributed by atoms with Gasteiger partial charge in [-0.3, -0.25) is 9.69 Å². The maximum atomic E-state index is 13.4. The third kappa shape index (κ3) is 5.98. The number of nitrogens with one attached hydrogen (secondary N) is 1. The molecule has 1 aliphatic heterocycles. The van der Waals surface area contributed by atoms with E-state index in [0.717, 1.165) is 37.3 Å². The van der Waals surface area contributed by atoms with Crippen LogP contribution in [-0.2, 0) is 9.53 Å². The average Bonchev–Trinajstić information content (AvgIpc) is 2.83. The molecule has 4 nitrogen and oxygen atoms in total. The molecule has 1 N–H and O–H groups in total. The standard InChI is InChI=1S/C27H30N2O2.ClH/c1-28-17-19-29(20-18-28)25(22-11-5-2-6-12-22)21-31-27(30)26(23-13-7-3-8-14-23)24-15-9-4-10-16-24;/h2-16,25-26H,17-21H2,1H3;1H. The molecule has 1 fully saturated rings. The Balaban J connectivity index is 0.00000289. The molecule has 0 saturated carbocycles. The lowest BCUT2D eigenvalue weighted by Gasteiger charge is -2.36. The van der Waals surface area contributed by atoms with E-state index in [1.165, 1.54) is 5.56 Å². The lowest BCUT2D eigenvalue weighted by molar-refractivity contribution is -0.884. The predicted octanol–water partition coefficient (Wildman–Crippen LogP) is -0.0627. The Morgan fingerprint density at radius 2 is 1.25 bits per heavy atom. The number of carbonyl (C=O) groups excluding carboxylic acids is 1. The summed E-state index contributed by atoms with van der Waals surface area (Å²) >= 11 is 0. The monoisotopic (exact) mass is 450 g/mol. The van der Waals surface area contributed by atoms with Crippen LogP contribution in [0.3, 0.4) is 0 Å². The summed E-state index contributed by atoms with van der Waals surface area (Å²) in [5, 5.41) is 0. The Labute approximate surface area is 197 Å². The molecule has 3 aromatic carbocycles. The Kier molecular flexibility index (Phi) is 8.86. The van der Waals surface area contributed by atoms with Crippen molar-refractivity contribution in [1.82, 2.24) is 4.90 Å². The number of rotatable bonds is 7. The third-order valence-electron chi connectivity index (χ3n) is 6.16. The van der Waals surface area contributed by atoms with Gasteiger partial charge in [-0.15, -0.1) is 0 Å². The number of piperazine rings is 1. The van der Waals surface area contributed by atoms with Crippen molar-refractivity contribution >= 4 is 5.97 Å². The van der Waals surface area contributed by atoms with E-state index < -0.39 is 5.92 Å². The van der Waals surface area contributed by atoms with Gasteiger partial charge in [0.1, 0.15) is 12.5 Å². The molecule has 4 rings (SSSR count). The normalized spacial score (nSPS) is 15.7. The number of likely N-dealkylation sites (N-methyl/N-ethyl adjacent to an activating group) is 1. The molecule has 0 aliphatic carbocycles. The van der Waals surface area contributed by atoms with E-state index in [1.54, 1.807) is 4.90 Å². The number of esters is 1. The van der Waals surface area contributed by atoms with Gasteiger partial charge in [-0.25, -0.2) is 0 Å². The third-order valence-corrected chi connectivity index (χ3v) is 6.16. The smallest absolute Gasteiger partial charge is 0.317 e. The predicted molar refractivity (Wildman–Crippen MR) is 123 cm³/mol. The second-order valence-corrected chi connectivity index (χ2v) is 8.30. The van der Waals surface area contributed by atoms with Gasteiger partial charge in [-0.2, -0.15) is 0 Å². The topological polar surface area (TPSA) is 34.0 Å². The highest BCUT2D eigenvalue weighted by Crippen LogP contribution is 2.28. The van der Waals surface area contributed by atoms with E-state index in [-0.39, 0.29) is 24.4 Å². The zero-order chi connectivity index (χ0) is 21.5. The average molecular weight is 451 g/mol. The Morgan fingerprint density at radius 1 is 0.812 bits per heavy atom. The maximum Gasteiger partial charge on any atom is 0.317 e. The van der Waals surface area contributed by atoms with Crippen LogP contribution in [0.1, 0.15) is 28.7 Å². The lowest BCUT2D eigenvalue weighted by atomic mass is 9.91. The minimum atomic E-state index is -0.421. The molecule has 3 aromatic rings. The fourth-order valence-corrected chi connectivity index (χ4v) is 4.31. The Morgan fingerprint density at radius 3 is 1.72 bits per heavy atom. The van der Waals surface area contributed by atoms with Crippen molar-refractivity contribution in [1.29, 1.82) is 0 Å². The summed E-state index contributed by atoms with van der Waals surface area (Å²) in [4.78, 5) is 17.4. The highest BCUT2D eigenvalue weighted by Gasteiger charge is 2.29. The summed E-state index contributed by atoms with van der Waals surface area (Å²) in [6.07, 6.45) is 0. The van der Waals surface area contributed by atoms with Crippen LogP contribution < -0.4 is 17.3 Å². The highest BCUT2D eigenvalue weighted by atomic mass is 35.5. The number of halogens is 1. The molecule has 5 heteroatoms. The zero-order valence-electron chi connectivity index (χ0n) is 18.5. The van der Waals surface area contributed by atoms with Gasteiger partial charge in [0.15, 0.2) is 0 Å². The first-order valence-electron chi connectivity index (χ1n) is 11.1. The van der Waals surface area contributed by atoms with Crippen LogP contribution in [0.15, 0.2) is 91.0 Å². The molecule has 1 atom stereocenters. The SMILES string of the molecule is C[NH+]1CCN(C(COC(=O)C(c2ccccc2)c2ccccc2)c2ccccc2)CC1.[Cl-]. The fraction of sp³-hybridized carbons (Fsp3) is 0.296. The number of hydrogen-bond acceptors (Lipinski definition) is 3. The van der Waals surface area contributed by atoms with Gasteiger partial charge < -0.3 is 22.0 Å². The van der Waals surface area contributed by atoms with Gasteiger partial charge in [-0.05, 0) is 16.7 Å². The van der Waals surface area contributed by atoms with Gasteiger partial charge in [0.2, 0.25) is 0 Å². The van der Waals surface area contributed by atoms with Crippen molar-refractivity contribution < 1.29 is 26.8 Å². The van der Waals surface area contributed by atoms with Crippen LogP contribution in [0.25, 0.3) is 0 Å². The summed E-state index contributed by atoms with van der Waals surface area (Å²) in [5.74, 6) is -0.617. The fourth-order valence-electron chi connectivity index (χ4n) is 4.31. The van der Waals surface area contributed by atoms with Gasteiger partial charge >= 0.3 is 5.97 Å². The van der Waals surface area contributed by atoms with Crippen LogP contribution in [0.4, 0.5) is 0 Å². The molecule has 32 heavy (non-hydrogen) atoms. The summed E-state index contributed by atoms with van der Waals surface area (Å²) in [5.41, 5.74) is 3.11. The van der Waals surface area contributed by atoms with Gasteiger partial charge in [-0.1, -0.05) is 91.0 Å². The summed E-state index contributed by atoms with van der Waals surface area (Å²) < 4.78 is 6.02. The second-order valence-electron chi connectivity index (χ2n) is 8.30. The van der Waals surface area contributed by atoms with Crippen LogP contribution in [-0.4, -0.2) is 50.7 Å². The summed E-state index contributed by atoms with van der Waals surface area (Å²) in [6.45, 7) is 4.58. The van der Waals surface area contributed by atoms with Crippen LogP contribution >= 0.6 is 0 Å². The maximum absolute atomic E-state index is 13.4. The van der Waals surface area contributed by atoms with E-state index in [0.29, 0.717) is 6.61 Å². The van der Waals surface area contributed by atoms with Crippen LogP contribution in [0.2, 0.25) is 0 Å². The van der Waals surface area contributed by atoms with Crippen molar-refractivity contribution in [3.8, 4) is 0 Å². The highest BCUT2D eigenvalue weighted by molar-refractivity contribution is 5.82. The number of quaternary nitrogens is 1. The zero-order valence-corrected chi connectivity index (χ0v) is 19.2. The summed E-state index contributed by atoms with van der Waals surface area (Å²) in [7, 11) is 2.24. The Bertz CT molecular complexity index is 906. The van der Waals surface area contributed by atoms with E-state index in [9.17, 15) is 4.79 Å². The molecule has 0 aromatic heterocycles. The van der Waals surface area contributed by atoms with E-state index in [2.05, 4.69) is 36.2 Å². The van der Waals surface area contributed by atoms with Crippen LogP contribution in [0, 0.1) is 0 Å². The molecular weight excluding hydrogens is 420 g/mol. The van der Waals surface area contributed by atoms with Gasteiger partial charge in [0.25, 0.3) is 0 Å². The van der Waals surface area contributed by atoms with E-state index in [4.69, 9.17) is 4.74 Å². The molecule has 168 valence electrons. The number of ether oxygens (including phenoxy) is 1. The minimum absolute atomic E-state index is 0. The largest absolute Gasteiger partial charge is 1.00 e. The number of hydrogen-bond donors (Lipinski definition) is 1. The van der Waals surface area contributed by atoms with Crippen molar-refractivity contribution in [3.63, 3.8) is 0 Å². The van der Waals surface area contributed by atoms with Crippen molar-refractivity contribution in [2.24, 2.45) is 0 Å². The first-order chi connectivity index (χ1) is 15.2. The second kappa shape index (κ2) is 11.8. The first kappa shape index (κ1) is 24.0. The Hall–Kier alpha value is -2.66. The number of nitrogens with zero attached hydrogens (tertiary/aromatic N) is 1. The van der Waals surface area contributed by atoms with Crippen molar-refractivity contribution in [2.45, 2.75) is 12.0 Å². The molecule has 0 spiro atoms. The molecule has 1 aliphatic rings. The quantitative estimate of drug-likeness (QED) is 0.512. The van der Waals surface area contributed by atoms with Crippen LogP contribution in [0.5, 0.6) is 0 Å². The molecule has 0 bridgehead atoms. The molecule has 0 amide bonds. The van der Waals surface area contributed by atoms with Gasteiger partial charge in [0, 0.05) is 13.1 Å². The molecule has 1 unspecified atom stereocenters. The molecule has 0 radical (unpaired) electrons. The summed E-state index contributed by atoms with van der Waals surface area (Å²) in [6, 6.07) is 30.3. The van der Waals surface area contributed by atoms with E-state index in [1.807, 2.05) is 66.7 Å². The number of carbonyl (C=O) groups is 1. The minimum Gasteiger partial charge on any atom is -1.00 e. The van der Waals surface area contributed by atoms with Crippen molar-refractivity contribution in [2.75, 3.05) is 39.8 Å². The lowest BCUT2D eigenvalue weighted by Crippen LogP contribution is -3.12. The molecule has 1 heterocycles. The van der Waals surface area contributed by atoms with Crippen molar-refractivity contribution in [3.05, 3.63) is 108 Å². The number of benzene rings is 3. The molecular formula is C27H31ClN2O2. The van der Waals surface area contributed by atoms with E-state index >= 15 is 0 Å². The first-order valence-corrected chi connectivity index (χ1v) is 11.1. The molecule has 1 saturated heterocycles.